The molecule has 0 aromatic heterocycles. The van der Waals surface area contributed by atoms with Crippen molar-refractivity contribution in [3.8, 4) is 0 Å². The quantitative estimate of drug-likeness (QED) is 0.418. The minimum atomic E-state index is 1.10. The monoisotopic (exact) mass is 214 g/mol. The fraction of sp³-hybridized carbons (Fsp3) is 1.00. The van der Waals surface area contributed by atoms with Gasteiger partial charge in [0.15, 0.2) is 0 Å². The van der Waals surface area contributed by atoms with Crippen LogP contribution in [0.15, 0.2) is 0 Å². The maximum Gasteiger partial charge on any atom is 0.0130 e. The lowest BCUT2D eigenvalue weighted by Gasteiger charge is -2.18. The molecule has 0 unspecified atom stereocenters. The summed E-state index contributed by atoms with van der Waals surface area (Å²) in [6.07, 6.45) is 11.2. The Morgan fingerprint density at radius 2 is 1.33 bits per heavy atom. The predicted octanol–water partition coefficient (Wildman–Crippen LogP) is 3.58. The number of rotatable bonds is 11. The lowest BCUT2D eigenvalue weighted by molar-refractivity contribution is 0.214. The molecule has 2 nitrogen and oxygen atoms in total. The highest BCUT2D eigenvalue weighted by Crippen LogP contribution is 2.08. The van der Waals surface area contributed by atoms with Crippen molar-refractivity contribution in [2.75, 3.05) is 20.1 Å². The summed E-state index contributed by atoms with van der Waals surface area (Å²) in [7, 11) is 2.01. The zero-order valence-electron chi connectivity index (χ0n) is 11.0. The van der Waals surface area contributed by atoms with Gasteiger partial charge in [-0.25, -0.2) is 5.01 Å². The summed E-state index contributed by atoms with van der Waals surface area (Å²) < 4.78 is 0. The zero-order chi connectivity index (χ0) is 11.4. The second-order valence-corrected chi connectivity index (χ2v) is 4.28. The van der Waals surface area contributed by atoms with E-state index in [-0.39, 0.29) is 0 Å². The molecular formula is C13H30N2. The normalized spacial score (nSPS) is 11.2. The van der Waals surface area contributed by atoms with E-state index in [4.69, 9.17) is 0 Å². The third-order valence-electron chi connectivity index (χ3n) is 2.98. The molecule has 2 heteroatoms. The Bertz CT molecular complexity index is 111. The molecule has 0 heterocycles. The van der Waals surface area contributed by atoms with Gasteiger partial charge in [-0.15, -0.1) is 0 Å². The first-order valence-electron chi connectivity index (χ1n) is 6.77. The maximum absolute atomic E-state index is 3.20. The highest BCUT2D eigenvalue weighted by atomic mass is 15.5. The number of hydrogen-bond donors (Lipinski definition) is 1. The van der Waals surface area contributed by atoms with E-state index in [0.717, 1.165) is 6.54 Å². The first kappa shape index (κ1) is 14.9. The van der Waals surface area contributed by atoms with E-state index >= 15 is 0 Å². The van der Waals surface area contributed by atoms with Gasteiger partial charge < -0.3 is 0 Å². The predicted molar refractivity (Wildman–Crippen MR) is 68.9 cm³/mol. The summed E-state index contributed by atoms with van der Waals surface area (Å²) >= 11 is 0. The highest BCUT2D eigenvalue weighted by molar-refractivity contribution is 4.50. The van der Waals surface area contributed by atoms with Crippen molar-refractivity contribution < 1.29 is 0 Å². The highest BCUT2D eigenvalue weighted by Gasteiger charge is 1.97. The van der Waals surface area contributed by atoms with Crippen molar-refractivity contribution in [3.63, 3.8) is 0 Å². The summed E-state index contributed by atoms with van der Waals surface area (Å²) in [6, 6.07) is 0. The van der Waals surface area contributed by atoms with E-state index in [1.807, 2.05) is 7.05 Å². The van der Waals surface area contributed by atoms with Crippen molar-refractivity contribution >= 4 is 0 Å². The van der Waals surface area contributed by atoms with Crippen LogP contribution in [0.5, 0.6) is 0 Å². The molecule has 0 saturated heterocycles. The molecule has 15 heavy (non-hydrogen) atoms. The second-order valence-electron chi connectivity index (χ2n) is 4.28. The van der Waals surface area contributed by atoms with Gasteiger partial charge in [-0.3, -0.25) is 5.43 Å². The fourth-order valence-corrected chi connectivity index (χ4v) is 1.86. The number of nitrogens with one attached hydrogen (secondary N) is 1. The third kappa shape index (κ3) is 10.2. The van der Waals surface area contributed by atoms with Gasteiger partial charge in [0.1, 0.15) is 0 Å². The second kappa shape index (κ2) is 12.0. The number of hydrogen-bond acceptors (Lipinski definition) is 2. The molecule has 1 N–H and O–H groups in total. The van der Waals surface area contributed by atoms with Crippen LogP contribution >= 0.6 is 0 Å². The van der Waals surface area contributed by atoms with Gasteiger partial charge in [-0.2, -0.15) is 0 Å². The molecule has 0 aliphatic carbocycles. The number of nitrogens with zero attached hydrogens (tertiary/aromatic N) is 1. The van der Waals surface area contributed by atoms with Crippen LogP contribution in [-0.4, -0.2) is 25.1 Å². The first-order chi connectivity index (χ1) is 7.35. The molecule has 0 saturated carbocycles. The lowest BCUT2D eigenvalue weighted by Crippen LogP contribution is -2.35. The van der Waals surface area contributed by atoms with Crippen molar-refractivity contribution in [1.29, 1.82) is 0 Å². The molecule has 0 fully saturated rings. The minimum Gasteiger partial charge on any atom is -0.258 e. The van der Waals surface area contributed by atoms with Gasteiger partial charge in [0, 0.05) is 13.1 Å². The van der Waals surface area contributed by atoms with Gasteiger partial charge in [0.25, 0.3) is 0 Å². The molecule has 92 valence electrons. The summed E-state index contributed by atoms with van der Waals surface area (Å²) in [5.41, 5.74) is 3.20. The molecule has 0 bridgehead atoms. The molecule has 0 radical (unpaired) electrons. The molecule has 0 aromatic rings. The van der Waals surface area contributed by atoms with E-state index in [1.165, 1.54) is 57.9 Å². The first-order valence-corrected chi connectivity index (χ1v) is 6.77. The standard InChI is InChI=1S/C13H30N2/c1-4-6-7-8-9-10-11-12-13-15(5-2)14-3/h14H,4-13H2,1-3H3. The van der Waals surface area contributed by atoms with Crippen LogP contribution in [0, 0.1) is 0 Å². The Hall–Kier alpha value is -0.0800. The largest absolute Gasteiger partial charge is 0.258 e. The third-order valence-corrected chi connectivity index (χ3v) is 2.98. The zero-order valence-corrected chi connectivity index (χ0v) is 11.0. The van der Waals surface area contributed by atoms with Gasteiger partial charge in [0.2, 0.25) is 0 Å². The Kier molecular flexibility index (Phi) is 11.9. The fourth-order valence-electron chi connectivity index (χ4n) is 1.86. The van der Waals surface area contributed by atoms with Crippen molar-refractivity contribution in [3.05, 3.63) is 0 Å². The molecular weight excluding hydrogens is 184 g/mol. The lowest BCUT2D eigenvalue weighted by atomic mass is 10.1. The van der Waals surface area contributed by atoms with E-state index in [1.54, 1.807) is 0 Å². The smallest absolute Gasteiger partial charge is 0.0130 e. The van der Waals surface area contributed by atoms with E-state index in [2.05, 4.69) is 24.3 Å². The Morgan fingerprint density at radius 3 is 1.80 bits per heavy atom. The van der Waals surface area contributed by atoms with E-state index in [0.29, 0.717) is 0 Å². The summed E-state index contributed by atoms with van der Waals surface area (Å²) in [5, 5.41) is 2.27. The van der Waals surface area contributed by atoms with Crippen LogP contribution in [0.4, 0.5) is 0 Å². The average molecular weight is 214 g/mol. The van der Waals surface area contributed by atoms with Crippen LogP contribution < -0.4 is 5.43 Å². The molecule has 0 rings (SSSR count). The molecule has 0 atom stereocenters. The van der Waals surface area contributed by atoms with Crippen molar-refractivity contribution in [1.82, 2.24) is 10.4 Å². The molecule has 0 aliphatic rings. The van der Waals surface area contributed by atoms with Crippen LogP contribution in [0.3, 0.4) is 0 Å². The van der Waals surface area contributed by atoms with E-state index < -0.39 is 0 Å². The Morgan fingerprint density at radius 1 is 0.800 bits per heavy atom. The summed E-state index contributed by atoms with van der Waals surface area (Å²) in [6.45, 7) is 6.77. The topological polar surface area (TPSA) is 15.3 Å². The van der Waals surface area contributed by atoms with Crippen LogP contribution in [0.25, 0.3) is 0 Å². The van der Waals surface area contributed by atoms with E-state index in [9.17, 15) is 0 Å². The average Bonchev–Trinajstić information content (AvgIpc) is 2.27. The Labute approximate surface area is 96.4 Å². The van der Waals surface area contributed by atoms with Crippen LogP contribution in [-0.2, 0) is 0 Å². The van der Waals surface area contributed by atoms with Gasteiger partial charge in [0.05, 0.1) is 0 Å². The minimum absolute atomic E-state index is 1.10. The Balaban J connectivity index is 3.04. The molecule has 0 amide bonds. The SMILES string of the molecule is CCCCCCCCCCN(CC)NC. The van der Waals surface area contributed by atoms with Gasteiger partial charge in [-0.1, -0.05) is 58.8 Å². The number of unbranched alkanes of at least 4 members (excludes halogenated alkanes) is 7. The van der Waals surface area contributed by atoms with Crippen molar-refractivity contribution in [2.45, 2.75) is 65.2 Å². The molecule has 0 aliphatic heterocycles. The summed E-state index contributed by atoms with van der Waals surface area (Å²) in [5.74, 6) is 0. The molecule has 0 aromatic carbocycles. The van der Waals surface area contributed by atoms with Crippen LogP contribution in [0.1, 0.15) is 65.2 Å². The number of hydrazine groups is 1. The van der Waals surface area contributed by atoms with Crippen LogP contribution in [0.2, 0.25) is 0 Å². The summed E-state index contributed by atoms with van der Waals surface area (Å²) in [4.78, 5) is 0. The molecule has 0 spiro atoms. The maximum atomic E-state index is 3.20. The van der Waals surface area contributed by atoms with Crippen molar-refractivity contribution in [2.24, 2.45) is 0 Å². The van der Waals surface area contributed by atoms with Gasteiger partial charge >= 0.3 is 0 Å². The van der Waals surface area contributed by atoms with Gasteiger partial charge in [-0.05, 0) is 13.5 Å².